The minimum absolute atomic E-state index is 0. The second-order valence-corrected chi connectivity index (χ2v) is 6.48. The largest absolute Gasteiger partial charge is 0.434 e. The minimum Gasteiger partial charge on any atom is -0.434 e. The number of guanidine groups is 1. The van der Waals surface area contributed by atoms with Gasteiger partial charge in [-0.2, -0.15) is 8.78 Å². The lowest BCUT2D eigenvalue weighted by Gasteiger charge is -2.13. The fourth-order valence-electron chi connectivity index (χ4n) is 2.74. The molecule has 3 rings (SSSR count). The molecular formula is C19H22ClF2IN6O. The Balaban J connectivity index is 0.00000320. The van der Waals surface area contributed by atoms with E-state index < -0.39 is 6.61 Å². The van der Waals surface area contributed by atoms with Gasteiger partial charge in [0, 0.05) is 36.3 Å². The third kappa shape index (κ3) is 6.66. The molecule has 0 amide bonds. The lowest BCUT2D eigenvalue weighted by molar-refractivity contribution is -0.0504. The number of nitrogens with one attached hydrogen (secondary N) is 2. The summed E-state index contributed by atoms with van der Waals surface area (Å²) in [5.41, 5.74) is 1.26. The van der Waals surface area contributed by atoms with E-state index in [1.165, 1.54) is 12.1 Å². The molecule has 2 aromatic heterocycles. The first-order valence-electron chi connectivity index (χ1n) is 9.11. The van der Waals surface area contributed by atoms with E-state index in [-0.39, 0.29) is 36.3 Å². The van der Waals surface area contributed by atoms with Crippen molar-refractivity contribution in [3.8, 4) is 5.75 Å². The number of aromatic nitrogens is 3. The molecule has 0 aliphatic rings. The lowest BCUT2D eigenvalue weighted by atomic mass is 10.2. The van der Waals surface area contributed by atoms with Crippen LogP contribution in [0.25, 0.3) is 5.65 Å². The van der Waals surface area contributed by atoms with Crippen LogP contribution in [0.5, 0.6) is 5.75 Å². The van der Waals surface area contributed by atoms with Gasteiger partial charge in [0.05, 0.1) is 6.54 Å². The number of hydrogen-bond donors (Lipinski definition) is 2. The van der Waals surface area contributed by atoms with Crippen LogP contribution >= 0.6 is 35.6 Å². The zero-order chi connectivity index (χ0) is 20.6. The maximum atomic E-state index is 12.6. The molecule has 0 spiro atoms. The molecule has 30 heavy (non-hydrogen) atoms. The van der Waals surface area contributed by atoms with Gasteiger partial charge in [0.1, 0.15) is 11.6 Å². The summed E-state index contributed by atoms with van der Waals surface area (Å²) < 4.78 is 31.7. The van der Waals surface area contributed by atoms with Crippen molar-refractivity contribution in [1.82, 2.24) is 25.2 Å². The number of rotatable bonds is 8. The third-order valence-corrected chi connectivity index (χ3v) is 4.25. The summed E-state index contributed by atoms with van der Waals surface area (Å²) in [6, 6.07) is 10.2. The number of ether oxygens (including phenoxy) is 1. The predicted molar refractivity (Wildman–Crippen MR) is 123 cm³/mol. The lowest BCUT2D eigenvalue weighted by Crippen LogP contribution is -2.38. The molecule has 0 atom stereocenters. The van der Waals surface area contributed by atoms with Crippen LogP contribution in [0.2, 0.25) is 5.02 Å². The van der Waals surface area contributed by atoms with Crippen molar-refractivity contribution in [3.63, 3.8) is 0 Å². The van der Waals surface area contributed by atoms with Crippen LogP contribution in [0, 0.1) is 0 Å². The molecule has 3 aromatic rings. The Bertz CT molecular complexity index is 985. The summed E-state index contributed by atoms with van der Waals surface area (Å²) >= 11 is 5.98. The van der Waals surface area contributed by atoms with E-state index in [1.54, 1.807) is 6.07 Å². The van der Waals surface area contributed by atoms with Gasteiger partial charge in [0.25, 0.3) is 0 Å². The van der Waals surface area contributed by atoms with Crippen LogP contribution in [0.3, 0.4) is 0 Å². The minimum atomic E-state index is -2.91. The molecule has 0 bridgehead atoms. The fourth-order valence-corrected chi connectivity index (χ4v) is 2.94. The second-order valence-electron chi connectivity index (χ2n) is 6.05. The normalized spacial score (nSPS) is 11.4. The van der Waals surface area contributed by atoms with Crippen LogP contribution in [-0.4, -0.2) is 40.3 Å². The number of nitrogens with zero attached hydrogens (tertiary/aromatic N) is 4. The van der Waals surface area contributed by atoms with Crippen molar-refractivity contribution in [2.75, 3.05) is 13.1 Å². The van der Waals surface area contributed by atoms with Crippen molar-refractivity contribution >= 4 is 47.2 Å². The maximum absolute atomic E-state index is 12.6. The topological polar surface area (TPSA) is 75.8 Å². The van der Waals surface area contributed by atoms with Crippen LogP contribution in [0.1, 0.15) is 18.3 Å². The molecule has 0 saturated carbocycles. The molecule has 11 heteroatoms. The number of hydrogen-bond acceptors (Lipinski definition) is 4. The van der Waals surface area contributed by atoms with E-state index >= 15 is 0 Å². The molecule has 0 unspecified atom stereocenters. The van der Waals surface area contributed by atoms with Crippen LogP contribution < -0.4 is 15.4 Å². The fraction of sp³-hybridized carbons (Fsp3) is 0.316. The highest BCUT2D eigenvalue weighted by molar-refractivity contribution is 14.0. The van der Waals surface area contributed by atoms with Crippen molar-refractivity contribution in [1.29, 1.82) is 0 Å². The highest BCUT2D eigenvalue weighted by Gasteiger charge is 2.11. The summed E-state index contributed by atoms with van der Waals surface area (Å²) in [6.45, 7) is 0.371. The zero-order valence-electron chi connectivity index (χ0n) is 16.2. The Morgan fingerprint density at radius 3 is 2.83 bits per heavy atom. The monoisotopic (exact) mass is 550 g/mol. The molecule has 0 fully saturated rings. The SMILES string of the molecule is CCNC(=NCc1cc(Cl)ccc1OC(F)F)NCCc1nnc2ccccn12.I. The van der Waals surface area contributed by atoms with E-state index in [0.717, 1.165) is 11.5 Å². The van der Waals surface area contributed by atoms with Gasteiger partial charge in [-0.25, -0.2) is 4.99 Å². The van der Waals surface area contributed by atoms with E-state index in [1.807, 2.05) is 35.7 Å². The second kappa shape index (κ2) is 11.8. The summed E-state index contributed by atoms with van der Waals surface area (Å²) in [7, 11) is 0. The number of fused-ring (bicyclic) bond motifs is 1. The van der Waals surface area contributed by atoms with E-state index in [2.05, 4.69) is 30.6 Å². The molecule has 7 nitrogen and oxygen atoms in total. The molecule has 0 aliphatic carbocycles. The smallest absolute Gasteiger partial charge is 0.387 e. The first-order chi connectivity index (χ1) is 14.1. The quantitative estimate of drug-likeness (QED) is 0.253. The van der Waals surface area contributed by atoms with Gasteiger partial charge in [0.2, 0.25) is 0 Å². The Kier molecular flexibility index (Phi) is 9.50. The molecule has 162 valence electrons. The molecule has 0 saturated heterocycles. The van der Waals surface area contributed by atoms with Crippen molar-refractivity contribution in [3.05, 3.63) is 59.0 Å². The van der Waals surface area contributed by atoms with E-state index in [0.29, 0.717) is 36.1 Å². The Hall–Kier alpha value is -2.21. The van der Waals surface area contributed by atoms with Gasteiger partial charge in [-0.1, -0.05) is 17.7 Å². The number of alkyl halides is 2. The average molecular weight is 551 g/mol. The number of halogens is 4. The number of aliphatic imine (C=N–C) groups is 1. The van der Waals surface area contributed by atoms with Gasteiger partial charge < -0.3 is 15.4 Å². The van der Waals surface area contributed by atoms with Gasteiger partial charge in [0.15, 0.2) is 11.6 Å². The summed E-state index contributed by atoms with van der Waals surface area (Å²) in [5.74, 6) is 1.43. The van der Waals surface area contributed by atoms with Gasteiger partial charge in [-0.05, 0) is 37.3 Å². The van der Waals surface area contributed by atoms with Gasteiger partial charge in [-0.15, -0.1) is 34.2 Å². The van der Waals surface area contributed by atoms with Crippen molar-refractivity contribution < 1.29 is 13.5 Å². The molecule has 0 aliphatic heterocycles. The van der Waals surface area contributed by atoms with Gasteiger partial charge >= 0.3 is 6.61 Å². The maximum Gasteiger partial charge on any atom is 0.387 e. The first-order valence-corrected chi connectivity index (χ1v) is 9.48. The zero-order valence-corrected chi connectivity index (χ0v) is 19.3. The standard InChI is InChI=1S/C19H21ClF2N6O.HI/c1-2-23-19(24-9-8-17-27-26-16-5-3-4-10-28(16)17)25-12-13-11-14(20)6-7-15(13)29-18(21)22;/h3-7,10-11,18H,2,8-9,12H2,1H3,(H2,23,24,25);1H. The van der Waals surface area contributed by atoms with Gasteiger partial charge in [-0.3, -0.25) is 4.40 Å². The Morgan fingerprint density at radius 1 is 1.23 bits per heavy atom. The summed E-state index contributed by atoms with van der Waals surface area (Å²) in [5, 5.41) is 15.1. The van der Waals surface area contributed by atoms with E-state index in [9.17, 15) is 8.78 Å². The average Bonchev–Trinajstić information content (AvgIpc) is 3.11. The number of pyridine rings is 1. The van der Waals surface area contributed by atoms with Crippen molar-refractivity contribution in [2.45, 2.75) is 26.5 Å². The third-order valence-electron chi connectivity index (χ3n) is 4.02. The van der Waals surface area contributed by atoms with Crippen LogP contribution in [0.15, 0.2) is 47.6 Å². The molecule has 2 N–H and O–H groups in total. The molecule has 0 radical (unpaired) electrons. The highest BCUT2D eigenvalue weighted by atomic mass is 127. The molecular weight excluding hydrogens is 529 g/mol. The van der Waals surface area contributed by atoms with Crippen LogP contribution in [-0.2, 0) is 13.0 Å². The van der Waals surface area contributed by atoms with Crippen LogP contribution in [0.4, 0.5) is 8.78 Å². The summed E-state index contributed by atoms with van der Waals surface area (Å²) in [4.78, 5) is 4.44. The molecule has 2 heterocycles. The Labute approximate surface area is 194 Å². The first kappa shape index (κ1) is 24.1. The van der Waals surface area contributed by atoms with Crippen molar-refractivity contribution in [2.24, 2.45) is 4.99 Å². The Morgan fingerprint density at radius 2 is 2.07 bits per heavy atom. The van der Waals surface area contributed by atoms with E-state index in [4.69, 9.17) is 11.6 Å². The highest BCUT2D eigenvalue weighted by Crippen LogP contribution is 2.25. The number of benzene rings is 1. The summed E-state index contributed by atoms with van der Waals surface area (Å²) in [6.07, 6.45) is 2.54. The molecule has 1 aromatic carbocycles. The predicted octanol–water partition coefficient (Wildman–Crippen LogP) is 3.90.